The molecule has 7 nitrogen and oxygen atoms in total. The molecule has 0 bridgehead atoms. The van der Waals surface area contributed by atoms with Crippen molar-refractivity contribution in [3.63, 3.8) is 0 Å². The summed E-state index contributed by atoms with van der Waals surface area (Å²) in [4.78, 5) is 15.2. The number of hydrogen-bond acceptors (Lipinski definition) is 5. The van der Waals surface area contributed by atoms with E-state index in [1.54, 1.807) is 9.36 Å². The highest BCUT2D eigenvalue weighted by Crippen LogP contribution is 2.29. The molecule has 0 unspecified atom stereocenters. The predicted octanol–water partition coefficient (Wildman–Crippen LogP) is 6.00. The number of nitrogens with two attached hydrogens (primary N) is 2. The number of carbonyl (C=O) groups excluding carboxylic acids is 1. The first-order chi connectivity index (χ1) is 21.5. The van der Waals surface area contributed by atoms with Crippen LogP contribution in [0.4, 0.5) is 0 Å². The van der Waals surface area contributed by atoms with Crippen molar-refractivity contribution in [2.45, 2.75) is 39.8 Å². The lowest BCUT2D eigenvalue weighted by Gasteiger charge is -2.14. The van der Waals surface area contributed by atoms with Gasteiger partial charge >= 0.3 is 0 Å². The Kier molecular flexibility index (Phi) is 8.32. The van der Waals surface area contributed by atoms with E-state index in [1.807, 2.05) is 98.8 Å². The summed E-state index contributed by atoms with van der Waals surface area (Å²) < 4.78 is 3.57. The molecule has 0 aliphatic carbocycles. The lowest BCUT2D eigenvalue weighted by Crippen LogP contribution is -2.18. The number of carbonyl (C=O) groups is 1. The second-order valence-electron chi connectivity index (χ2n) is 11.0. The molecular weight excluding hydrogens is 544 g/mol. The zero-order valence-corrected chi connectivity index (χ0v) is 25.1. The summed E-state index contributed by atoms with van der Waals surface area (Å²) in [5.41, 5.74) is 22.0. The molecule has 44 heavy (non-hydrogen) atoms. The fraction of sp³-hybridized carbons (Fsp3) is 0.162. The molecule has 0 radical (unpaired) electrons. The van der Waals surface area contributed by atoms with Crippen molar-refractivity contribution in [3.05, 3.63) is 165 Å². The molecule has 0 amide bonds. The molecule has 220 valence electrons. The van der Waals surface area contributed by atoms with Gasteiger partial charge in [-0.3, -0.25) is 4.79 Å². The van der Waals surface area contributed by atoms with Gasteiger partial charge in [0.2, 0.25) is 5.78 Å². The van der Waals surface area contributed by atoms with Gasteiger partial charge in [0.15, 0.2) is 0 Å². The maximum atomic E-state index is 15.2. The Balaban J connectivity index is 1.57. The highest BCUT2D eigenvalue weighted by atomic mass is 16.1. The van der Waals surface area contributed by atoms with Crippen molar-refractivity contribution in [1.29, 1.82) is 0 Å². The van der Waals surface area contributed by atoms with E-state index in [9.17, 15) is 0 Å². The van der Waals surface area contributed by atoms with E-state index >= 15 is 4.79 Å². The molecular formula is C37H36N6O. The molecule has 0 saturated carbocycles. The van der Waals surface area contributed by atoms with Crippen LogP contribution in [-0.2, 0) is 25.9 Å². The zero-order valence-electron chi connectivity index (χ0n) is 25.1. The maximum absolute atomic E-state index is 15.2. The molecule has 6 aromatic rings. The first-order valence-electron chi connectivity index (χ1n) is 14.8. The van der Waals surface area contributed by atoms with Crippen LogP contribution in [-0.4, -0.2) is 25.3 Å². The van der Waals surface area contributed by atoms with Crippen LogP contribution >= 0.6 is 0 Å². The lowest BCUT2D eigenvalue weighted by atomic mass is 9.96. The summed E-state index contributed by atoms with van der Waals surface area (Å²) in [6.45, 7) is 4.82. The zero-order chi connectivity index (χ0) is 30.6. The minimum atomic E-state index is -0.131. The van der Waals surface area contributed by atoms with Gasteiger partial charge in [-0.1, -0.05) is 84.9 Å². The SMILES string of the molecule is Cc1nn(-c2ccc(CN)cc2)c(C(=O)c2c(Cc3ccccc3)c(C)nn2-c2ccc(CN)cc2)c1Cc1ccccc1. The number of ketones is 1. The summed E-state index contributed by atoms with van der Waals surface area (Å²) in [6, 6.07) is 36.2. The van der Waals surface area contributed by atoms with Crippen molar-refractivity contribution in [1.82, 2.24) is 19.6 Å². The summed E-state index contributed by atoms with van der Waals surface area (Å²) in [5.74, 6) is -0.131. The number of rotatable bonds is 10. The van der Waals surface area contributed by atoms with Crippen molar-refractivity contribution < 1.29 is 4.79 Å². The van der Waals surface area contributed by atoms with Crippen molar-refractivity contribution in [2.24, 2.45) is 11.5 Å². The van der Waals surface area contributed by atoms with Crippen LogP contribution in [0.2, 0.25) is 0 Å². The third-order valence-electron chi connectivity index (χ3n) is 8.08. The molecule has 0 aliphatic heterocycles. The van der Waals surface area contributed by atoms with Crippen LogP contribution in [0.15, 0.2) is 109 Å². The Bertz CT molecular complexity index is 1750. The van der Waals surface area contributed by atoms with Crippen LogP contribution < -0.4 is 11.5 Å². The largest absolute Gasteiger partial charge is 0.326 e. The third-order valence-corrected chi connectivity index (χ3v) is 8.08. The summed E-state index contributed by atoms with van der Waals surface area (Å²) in [7, 11) is 0. The molecule has 0 aliphatic rings. The van der Waals surface area contributed by atoms with E-state index in [-0.39, 0.29) is 5.78 Å². The summed E-state index contributed by atoms with van der Waals surface area (Å²) >= 11 is 0. The maximum Gasteiger partial charge on any atom is 0.230 e. The van der Waals surface area contributed by atoms with Gasteiger partial charge in [-0.15, -0.1) is 0 Å². The monoisotopic (exact) mass is 580 g/mol. The van der Waals surface area contributed by atoms with E-state index in [2.05, 4.69) is 24.3 Å². The minimum absolute atomic E-state index is 0.131. The highest BCUT2D eigenvalue weighted by molar-refractivity contribution is 6.09. The Morgan fingerprint density at radius 3 is 1.25 bits per heavy atom. The average Bonchev–Trinajstić information content (AvgIpc) is 3.57. The van der Waals surface area contributed by atoms with Crippen LogP contribution in [0.1, 0.15) is 61.0 Å². The molecule has 0 atom stereocenters. The number of nitrogens with zero attached hydrogens (tertiary/aromatic N) is 4. The van der Waals surface area contributed by atoms with Gasteiger partial charge in [-0.25, -0.2) is 9.36 Å². The van der Waals surface area contributed by atoms with Crippen LogP contribution in [0, 0.1) is 13.8 Å². The van der Waals surface area contributed by atoms with E-state index in [1.165, 1.54) is 0 Å². The van der Waals surface area contributed by atoms with E-state index in [0.717, 1.165) is 56.1 Å². The molecule has 7 heteroatoms. The smallest absolute Gasteiger partial charge is 0.230 e. The predicted molar refractivity (Wildman–Crippen MR) is 174 cm³/mol. The summed E-state index contributed by atoms with van der Waals surface area (Å²) in [5, 5.41) is 9.89. The fourth-order valence-electron chi connectivity index (χ4n) is 5.64. The van der Waals surface area contributed by atoms with Gasteiger partial charge in [0.05, 0.1) is 22.8 Å². The molecule has 2 heterocycles. The van der Waals surface area contributed by atoms with Gasteiger partial charge in [-0.2, -0.15) is 10.2 Å². The Labute approximate surface area is 257 Å². The van der Waals surface area contributed by atoms with E-state index < -0.39 is 0 Å². The van der Waals surface area contributed by atoms with Crippen molar-refractivity contribution in [3.8, 4) is 11.4 Å². The van der Waals surface area contributed by atoms with Crippen LogP contribution in [0.25, 0.3) is 11.4 Å². The second kappa shape index (κ2) is 12.6. The first kappa shape index (κ1) is 29.0. The molecule has 0 spiro atoms. The van der Waals surface area contributed by atoms with E-state index in [4.69, 9.17) is 21.7 Å². The van der Waals surface area contributed by atoms with E-state index in [0.29, 0.717) is 37.3 Å². The Morgan fingerprint density at radius 2 is 0.909 bits per heavy atom. The quantitative estimate of drug-likeness (QED) is 0.193. The van der Waals surface area contributed by atoms with Gasteiger partial charge in [0.25, 0.3) is 0 Å². The van der Waals surface area contributed by atoms with Crippen molar-refractivity contribution in [2.75, 3.05) is 0 Å². The van der Waals surface area contributed by atoms with Gasteiger partial charge in [0, 0.05) is 37.1 Å². The number of aromatic nitrogens is 4. The molecule has 4 N–H and O–H groups in total. The minimum Gasteiger partial charge on any atom is -0.326 e. The average molecular weight is 581 g/mol. The first-order valence-corrected chi connectivity index (χ1v) is 14.8. The number of aryl methyl sites for hydroxylation is 2. The molecule has 4 aromatic carbocycles. The molecule has 6 rings (SSSR count). The number of benzene rings is 4. The Hall–Kier alpha value is -5.11. The fourth-order valence-corrected chi connectivity index (χ4v) is 5.64. The van der Waals surface area contributed by atoms with Crippen molar-refractivity contribution >= 4 is 5.78 Å². The summed E-state index contributed by atoms with van der Waals surface area (Å²) in [6.07, 6.45) is 1.14. The molecule has 0 saturated heterocycles. The molecule has 2 aromatic heterocycles. The number of hydrogen-bond donors (Lipinski definition) is 2. The lowest BCUT2D eigenvalue weighted by molar-refractivity contribution is 0.102. The highest BCUT2D eigenvalue weighted by Gasteiger charge is 2.30. The third kappa shape index (κ3) is 5.75. The van der Waals surface area contributed by atoms with Crippen LogP contribution in [0.3, 0.4) is 0 Å². The second-order valence-corrected chi connectivity index (χ2v) is 11.0. The Morgan fingerprint density at radius 1 is 0.545 bits per heavy atom. The van der Waals surface area contributed by atoms with Gasteiger partial charge in [0.1, 0.15) is 11.4 Å². The van der Waals surface area contributed by atoms with Gasteiger partial charge < -0.3 is 11.5 Å². The normalized spacial score (nSPS) is 11.2. The molecule has 0 fully saturated rings. The standard InChI is InChI=1S/C37H36N6O/c1-25-33(21-27-9-5-3-6-10-27)35(42(40-25)31-17-13-29(23-38)14-18-31)37(44)36-34(22-28-11-7-4-8-12-28)26(2)41-43(36)32-19-15-30(24-39)16-20-32/h3-20H,21-24,38-39H2,1-2H3. The van der Waals surface area contributed by atoms with Crippen LogP contribution in [0.5, 0.6) is 0 Å². The van der Waals surface area contributed by atoms with Gasteiger partial charge in [-0.05, 0) is 60.4 Å². The topological polar surface area (TPSA) is 105 Å².